The van der Waals surface area contributed by atoms with Crippen LogP contribution in [0.1, 0.15) is 52.0 Å². The summed E-state index contributed by atoms with van der Waals surface area (Å²) < 4.78 is 10.2. The van der Waals surface area contributed by atoms with Crippen molar-refractivity contribution in [2.45, 2.75) is 50.9 Å². The van der Waals surface area contributed by atoms with Crippen molar-refractivity contribution in [3.8, 4) is 28.5 Å². The maximum Gasteiger partial charge on any atom is 0.254 e. The summed E-state index contributed by atoms with van der Waals surface area (Å²) in [6.07, 6.45) is 4.47. The lowest BCUT2D eigenvalue weighted by atomic mass is 10.0. The van der Waals surface area contributed by atoms with Gasteiger partial charge in [0.1, 0.15) is 16.9 Å². The Balaban J connectivity index is 1.15. The molecular weight excluding hydrogens is 566 g/mol. The number of aromatic nitrogens is 4. The predicted molar refractivity (Wildman–Crippen MR) is 171 cm³/mol. The quantitative estimate of drug-likeness (QED) is 0.296. The van der Waals surface area contributed by atoms with Crippen molar-refractivity contribution >= 4 is 33.9 Å². The van der Waals surface area contributed by atoms with Gasteiger partial charge in [-0.1, -0.05) is 6.07 Å². The molecule has 228 valence electrons. The van der Waals surface area contributed by atoms with Gasteiger partial charge in [0.05, 0.1) is 24.0 Å². The molecule has 2 aliphatic carbocycles. The lowest BCUT2D eigenvalue weighted by molar-refractivity contribution is 0.0700. The van der Waals surface area contributed by atoms with E-state index >= 15 is 0 Å². The van der Waals surface area contributed by atoms with Gasteiger partial charge < -0.3 is 29.8 Å². The van der Waals surface area contributed by atoms with E-state index in [0.717, 1.165) is 81.9 Å². The first-order chi connectivity index (χ1) is 21.9. The number of carbonyl (C=O) groups is 2. The fourth-order valence-corrected chi connectivity index (χ4v) is 7.87. The van der Waals surface area contributed by atoms with Crippen LogP contribution in [0.2, 0.25) is 0 Å². The van der Waals surface area contributed by atoms with Crippen LogP contribution in [0.25, 0.3) is 44.8 Å². The van der Waals surface area contributed by atoms with Crippen LogP contribution in [0.4, 0.5) is 0 Å². The van der Waals surface area contributed by atoms with Gasteiger partial charge in [-0.25, -0.2) is 9.97 Å². The van der Waals surface area contributed by atoms with Crippen molar-refractivity contribution < 1.29 is 14.3 Å². The van der Waals surface area contributed by atoms with E-state index in [1.165, 1.54) is 12.8 Å². The van der Waals surface area contributed by atoms with E-state index in [-0.39, 0.29) is 23.9 Å². The number of benzene rings is 2. The Hall–Kier alpha value is -4.70. The van der Waals surface area contributed by atoms with Crippen molar-refractivity contribution in [1.82, 2.24) is 29.3 Å². The maximum absolute atomic E-state index is 13.7. The molecule has 0 spiro atoms. The molecule has 3 fully saturated rings. The fourth-order valence-electron chi connectivity index (χ4n) is 7.87. The molecular formula is C35H35N7O3. The number of hydrogen-bond acceptors (Lipinski definition) is 6. The van der Waals surface area contributed by atoms with E-state index in [1.807, 2.05) is 42.3 Å². The number of aryl methyl sites for hydroxylation is 1. The number of carbonyl (C=O) groups excluding carboxylic acids is 2. The van der Waals surface area contributed by atoms with Crippen LogP contribution in [0, 0.1) is 11.8 Å². The molecule has 3 atom stereocenters. The Labute approximate surface area is 260 Å². The molecule has 9 rings (SSSR count). The molecule has 5 heterocycles. The van der Waals surface area contributed by atoms with Crippen LogP contribution < -0.4 is 15.8 Å². The average Bonchev–Trinajstić information content (AvgIpc) is 3.26. The maximum atomic E-state index is 13.7. The summed E-state index contributed by atoms with van der Waals surface area (Å²) in [7, 11) is 3.65. The summed E-state index contributed by atoms with van der Waals surface area (Å²) in [5.74, 6) is 2.40. The van der Waals surface area contributed by atoms with Crippen LogP contribution in [0.15, 0.2) is 48.5 Å². The zero-order valence-electron chi connectivity index (χ0n) is 25.4. The zero-order chi connectivity index (χ0) is 30.6. The van der Waals surface area contributed by atoms with Gasteiger partial charge in [0.25, 0.3) is 11.8 Å². The molecule has 2 saturated carbocycles. The predicted octanol–water partition coefficient (Wildman–Crippen LogP) is 4.48. The van der Waals surface area contributed by atoms with Gasteiger partial charge in [-0.05, 0) is 85.5 Å². The summed E-state index contributed by atoms with van der Waals surface area (Å²) >= 11 is 0. The number of nitrogens with zero attached hydrogens (tertiary/aromatic N) is 5. The van der Waals surface area contributed by atoms with E-state index in [1.54, 1.807) is 7.11 Å². The molecule has 3 aromatic heterocycles. The Morgan fingerprint density at radius 3 is 2.69 bits per heavy atom. The number of piperidine rings is 1. The topological polar surface area (TPSA) is 120 Å². The minimum atomic E-state index is -0.0225. The van der Waals surface area contributed by atoms with E-state index in [0.29, 0.717) is 29.7 Å². The number of methoxy groups -OCH3 is 1. The zero-order valence-corrected chi connectivity index (χ0v) is 25.4. The molecule has 3 unspecified atom stereocenters. The van der Waals surface area contributed by atoms with Gasteiger partial charge in [0.2, 0.25) is 0 Å². The smallest absolute Gasteiger partial charge is 0.254 e. The number of nitrogens with two attached hydrogens (primary N) is 1. The van der Waals surface area contributed by atoms with Crippen molar-refractivity contribution in [2.24, 2.45) is 24.6 Å². The highest BCUT2D eigenvalue weighted by molar-refractivity contribution is 6.01. The number of rotatable bonds is 6. The van der Waals surface area contributed by atoms with Gasteiger partial charge in [0, 0.05) is 60.8 Å². The lowest BCUT2D eigenvalue weighted by Crippen LogP contribution is -2.41. The van der Waals surface area contributed by atoms with Gasteiger partial charge >= 0.3 is 0 Å². The minimum absolute atomic E-state index is 0.00340. The van der Waals surface area contributed by atoms with Crippen LogP contribution in [0.3, 0.4) is 0 Å². The third kappa shape index (κ3) is 4.04. The molecule has 45 heavy (non-hydrogen) atoms. The van der Waals surface area contributed by atoms with Crippen LogP contribution in [-0.4, -0.2) is 61.6 Å². The van der Waals surface area contributed by atoms with E-state index in [4.69, 9.17) is 20.4 Å². The summed E-state index contributed by atoms with van der Waals surface area (Å²) in [4.78, 5) is 38.1. The first-order valence-corrected chi connectivity index (χ1v) is 15.9. The molecule has 10 heteroatoms. The van der Waals surface area contributed by atoms with Crippen LogP contribution in [-0.2, 0) is 20.1 Å². The minimum Gasteiger partial charge on any atom is -0.494 e. The molecule has 5 aromatic rings. The second kappa shape index (κ2) is 9.65. The second-order valence-corrected chi connectivity index (χ2v) is 13.2. The Morgan fingerprint density at radius 1 is 1.07 bits per heavy atom. The molecule has 10 nitrogen and oxygen atoms in total. The highest BCUT2D eigenvalue weighted by Gasteiger charge is 2.47. The summed E-state index contributed by atoms with van der Waals surface area (Å²) in [5.41, 5.74) is 14.1. The summed E-state index contributed by atoms with van der Waals surface area (Å²) in [6.45, 7) is 2.12. The Bertz CT molecular complexity index is 2070. The van der Waals surface area contributed by atoms with E-state index in [9.17, 15) is 9.59 Å². The number of likely N-dealkylation sites (tertiary alicyclic amines) is 1. The van der Waals surface area contributed by atoms with Gasteiger partial charge in [-0.2, -0.15) is 0 Å². The van der Waals surface area contributed by atoms with Crippen molar-refractivity contribution in [1.29, 1.82) is 0 Å². The number of nitrogens with one attached hydrogen (secondary N) is 1. The molecule has 2 aliphatic heterocycles. The third-order valence-corrected chi connectivity index (χ3v) is 10.5. The largest absolute Gasteiger partial charge is 0.494 e. The Kier molecular flexibility index (Phi) is 5.72. The molecule has 0 radical (unpaired) electrons. The van der Waals surface area contributed by atoms with Crippen LogP contribution in [0.5, 0.6) is 5.75 Å². The fraction of sp³-hybridized carbons (Fsp3) is 0.371. The number of pyridine rings is 1. The number of amides is 2. The van der Waals surface area contributed by atoms with Crippen molar-refractivity contribution in [3.63, 3.8) is 0 Å². The molecule has 4 aliphatic rings. The number of hydrogen-bond donors (Lipinski definition) is 2. The second-order valence-electron chi connectivity index (χ2n) is 13.2. The highest BCUT2D eigenvalue weighted by Crippen LogP contribution is 2.40. The van der Waals surface area contributed by atoms with Gasteiger partial charge in [0.15, 0.2) is 5.82 Å². The number of fused-ring (bicyclic) bond motifs is 5. The van der Waals surface area contributed by atoms with Crippen molar-refractivity contribution in [2.75, 3.05) is 13.7 Å². The average molecular weight is 602 g/mol. The molecule has 2 amide bonds. The molecule has 2 bridgehead atoms. The van der Waals surface area contributed by atoms with Crippen LogP contribution >= 0.6 is 0 Å². The molecule has 1 saturated heterocycles. The number of imidazole rings is 1. The first kappa shape index (κ1) is 26.7. The number of ether oxygens (including phenoxy) is 1. The van der Waals surface area contributed by atoms with Gasteiger partial charge in [-0.3, -0.25) is 9.59 Å². The summed E-state index contributed by atoms with van der Waals surface area (Å²) in [6, 6.07) is 16.2. The Morgan fingerprint density at radius 2 is 1.93 bits per heavy atom. The van der Waals surface area contributed by atoms with E-state index < -0.39 is 0 Å². The standard InChI is InChI=1S/C35H35N7O3/c1-40-31-26(12-22(14-29(31)45-2)35(44)42-17-21-7-10-27(42)30(21)36)39-33(40)28-13-20-6-9-25(38-32(20)41(28)16-18-3-4-18)19-5-8-24-23(11-19)15-37-34(24)43/h5-6,8-9,11-14,18,21,27,30H,3-4,7,10,15-17,36H2,1-2H3,(H,37,43). The molecule has 3 N–H and O–H groups in total. The molecule has 2 aromatic carbocycles. The third-order valence-electron chi connectivity index (χ3n) is 10.5. The monoisotopic (exact) mass is 601 g/mol. The van der Waals surface area contributed by atoms with Crippen molar-refractivity contribution in [3.05, 3.63) is 65.2 Å². The lowest BCUT2D eigenvalue weighted by Gasteiger charge is -2.27. The van der Waals surface area contributed by atoms with E-state index in [2.05, 4.69) is 32.7 Å². The SMILES string of the molecule is COc1cc(C(=O)N2CC3CCC2C3N)cc2nc(-c3cc4ccc(-c5ccc6c(c5)CNC6=O)nc4n3CC3CC3)n(C)c12. The summed E-state index contributed by atoms with van der Waals surface area (Å²) in [5, 5.41) is 3.94. The first-order valence-electron chi connectivity index (χ1n) is 15.9. The normalized spacial score (nSPS) is 22.1. The highest BCUT2D eigenvalue weighted by atomic mass is 16.5. The van der Waals surface area contributed by atoms with Gasteiger partial charge in [-0.15, -0.1) is 0 Å².